The monoisotopic (exact) mass is 1970 g/mol. The fourth-order valence-electron chi connectivity index (χ4n) is 10.0. The minimum atomic E-state index is -5.80. The Hall–Kier alpha value is -6.93. The number of aromatic nitrogens is 4. The van der Waals surface area contributed by atoms with E-state index in [1.54, 1.807) is 0 Å². The zero-order chi connectivity index (χ0) is 92.8. The van der Waals surface area contributed by atoms with Crippen LogP contribution in [0.15, 0.2) is 31.6 Å². The number of hydrogen-bond donors (Lipinski definition) is 22. The second-order valence-electron chi connectivity index (χ2n) is 25.7. The maximum atomic E-state index is 12.8. The number of hydrogen-bond acceptors (Lipinski definition) is 36. The van der Waals surface area contributed by atoms with Gasteiger partial charge in [-0.15, -0.1) is 0 Å². The van der Waals surface area contributed by atoms with Gasteiger partial charge in [0.1, 0.15) is 53.7 Å². The molecule has 2 aromatic heterocycles. The Morgan fingerprint density at radius 1 is 0.500 bits per heavy atom. The Kier molecular flexibility index (Phi) is 50.2. The molecule has 2 aliphatic rings. The topological polar surface area (TPSA) is 843 Å². The fraction of sp³-hybridized carbons (Fsp3) is 0.623. The van der Waals surface area contributed by atoms with Gasteiger partial charge in [-0.25, -0.2) is 46.6 Å². The minimum Gasteiger partial charge on any atom is -0.481 e. The van der Waals surface area contributed by atoms with E-state index in [1.807, 2.05) is 9.97 Å². The number of aliphatic carboxylic acids is 4. The molecule has 5 amide bonds. The van der Waals surface area contributed by atoms with Gasteiger partial charge in [-0.2, -0.15) is 17.2 Å². The normalized spacial score (nSPS) is 19.1. The Morgan fingerprint density at radius 2 is 0.863 bits per heavy atom. The second kappa shape index (κ2) is 55.1. The van der Waals surface area contributed by atoms with Gasteiger partial charge in [-0.05, 0) is 25.7 Å². The highest BCUT2D eigenvalue weighted by atomic mass is 33.1. The van der Waals surface area contributed by atoms with Gasteiger partial charge in [0.05, 0.1) is 63.4 Å². The first-order chi connectivity index (χ1) is 57.1. The van der Waals surface area contributed by atoms with Crippen molar-refractivity contribution in [1.29, 1.82) is 0 Å². The number of nitrogens with two attached hydrogens (primary N) is 1. The van der Waals surface area contributed by atoms with E-state index in [4.69, 9.17) is 55.2 Å². The van der Waals surface area contributed by atoms with Gasteiger partial charge in [-0.1, -0.05) is 100.0 Å². The van der Waals surface area contributed by atoms with Gasteiger partial charge in [0.25, 0.3) is 11.1 Å². The van der Waals surface area contributed by atoms with Gasteiger partial charge in [0.2, 0.25) is 29.5 Å². The van der Waals surface area contributed by atoms with Crippen LogP contribution >= 0.6 is 90.1 Å². The van der Waals surface area contributed by atoms with Gasteiger partial charge < -0.3 is 112 Å². The van der Waals surface area contributed by atoms with E-state index in [1.165, 1.54) is 50.1 Å². The summed E-state index contributed by atoms with van der Waals surface area (Å²) in [6, 6.07) is -4.57. The number of amides is 5. The second-order valence-corrected chi connectivity index (χ2v) is 39.8. The zero-order valence-corrected chi connectivity index (χ0v) is 72.8. The van der Waals surface area contributed by atoms with E-state index in [2.05, 4.69) is 76.6 Å². The first kappa shape index (κ1) is 113. The molecular formula is C61H94N10O43P6S4. The van der Waals surface area contributed by atoms with Crippen LogP contribution in [0.1, 0.15) is 154 Å². The molecule has 2 aliphatic heterocycles. The van der Waals surface area contributed by atoms with Crippen molar-refractivity contribution in [3.8, 4) is 23.7 Å². The standard InChI is InChI=1S/C31H46N5O22P3S2.C29H44N5O21P3S2.CH4/c1-18(37)33-21(22(38)8-4-2-3-5-9-26(41)34-20(30(45)46)13-28(42)43)17-63-62-12-10-25(40)32-11-6-7-19-15-36(31(47)35-29(19)44)27-14-23(39)24(56-27)16-55-60(51,52)58-61(53,54)57-59(48,49)50;30-18(20(35)7-3-1-2-4-8-24(38)32-19(28(42)43)12-26(39)40)16-60-59-11-9-23(37)31-10-5-6-17-14-34(29(44)33-27(17)41)25-13-21(36)22(53-25)15-52-57(48,49)55-58(50,51)54-56(45,46)47;/h15,20-21,23-24,27,39H,2-5,8-14,16-17H2,1H3,(H,32,40)(H,33,37)(H,34,41)(H,42,43)(H,45,46)(H,51,52)(H,53,54)(H,35,44,47)(H2,48,49,50);14,18-19,21-22,25,36H,1-4,7-13,15-16,30H2,(H,31,37)(H,32,38)(H,39,40)(H,42,43)(H,48,49)(H,50,51)(H,33,41,44)(H2,45,46,47);1H4. The maximum absolute atomic E-state index is 12.8. The van der Waals surface area contributed by atoms with Crippen LogP contribution in [-0.4, -0.2) is 252 Å². The number of nitrogens with zero attached hydrogens (tertiary/aromatic N) is 2. The molecule has 700 valence electrons. The predicted molar refractivity (Wildman–Crippen MR) is 432 cm³/mol. The van der Waals surface area contributed by atoms with E-state index < -0.39 is 204 Å². The first-order valence-electron chi connectivity index (χ1n) is 35.7. The lowest BCUT2D eigenvalue weighted by Crippen LogP contribution is -2.42. The van der Waals surface area contributed by atoms with Crippen molar-refractivity contribution in [1.82, 2.24) is 45.7 Å². The number of carbonyl (C=O) groups is 11. The van der Waals surface area contributed by atoms with Crippen molar-refractivity contribution in [2.45, 2.75) is 191 Å². The van der Waals surface area contributed by atoms with Crippen molar-refractivity contribution in [2.75, 3.05) is 49.3 Å². The fourth-order valence-corrected chi connectivity index (χ4v) is 20.4. The van der Waals surface area contributed by atoms with Gasteiger partial charge >= 0.3 is 82.2 Å². The number of Topliss-reactive ketones (excluding diaryl/α,β-unsaturated/α-hetero) is 2. The Bertz CT molecular complexity index is 4740. The molecule has 124 heavy (non-hydrogen) atoms. The van der Waals surface area contributed by atoms with Gasteiger partial charge in [0, 0.05) is 93.7 Å². The number of H-pyrrole nitrogens is 2. The SMILES string of the molecule is C.CC(=O)NC(CSSCCC(=O)NCC#Cc1cn(C2CC(O)C(COP(=O)(O)OP(=O)(O)OP(=O)(O)O)O2)c(=O)[nH]c1=O)C(=O)CCCCCCC(=O)NC(CC(=O)O)C(=O)O.NC(CSSCCC(=O)NCC#Cc1cn(C2CC(O)C(COP(=O)(O)OP(=O)(O)OP(=O)(O)O)O2)c(=O)[nH]c1=O)C(=O)CCCCCCC(=O)NC(CC(=O)O)C(=O)O. The molecular weight excluding hydrogens is 1870 g/mol. The number of rotatable bonds is 55. The summed E-state index contributed by atoms with van der Waals surface area (Å²) in [6.07, 6.45) is -4.06. The number of aromatic amines is 2. The number of phosphoric acid groups is 6. The smallest absolute Gasteiger partial charge is 0.481 e. The van der Waals surface area contributed by atoms with Crippen LogP contribution in [0.3, 0.4) is 0 Å². The van der Waals surface area contributed by atoms with Crippen molar-refractivity contribution in [3.05, 3.63) is 65.2 Å². The minimum absolute atomic E-state index is 0. The number of ketones is 2. The number of unbranched alkanes of at least 4 members (excludes halogenated alkanes) is 6. The van der Waals surface area contributed by atoms with Crippen molar-refractivity contribution in [3.63, 3.8) is 0 Å². The lowest BCUT2D eigenvalue weighted by Gasteiger charge is -2.19. The molecule has 23 N–H and O–H groups in total. The largest absolute Gasteiger partial charge is 0.490 e. The molecule has 0 bridgehead atoms. The highest BCUT2D eigenvalue weighted by Gasteiger charge is 2.45. The molecule has 0 radical (unpaired) electrons. The number of aliphatic hydroxyl groups excluding tert-OH is 2. The highest BCUT2D eigenvalue weighted by Crippen LogP contribution is 2.67. The van der Waals surface area contributed by atoms with Crippen LogP contribution in [-0.2, 0) is 116 Å². The Morgan fingerprint density at radius 3 is 1.22 bits per heavy atom. The van der Waals surface area contributed by atoms with Crippen LogP contribution < -0.4 is 54.8 Å². The average molecular weight is 1970 g/mol. The summed E-state index contributed by atoms with van der Waals surface area (Å²) in [5.41, 5.74) is 1.66. The molecule has 4 rings (SSSR count). The van der Waals surface area contributed by atoms with Crippen LogP contribution in [0.2, 0.25) is 0 Å². The van der Waals surface area contributed by atoms with Gasteiger partial charge in [0.15, 0.2) is 5.78 Å². The third kappa shape index (κ3) is 47.8. The molecule has 2 saturated heterocycles. The molecule has 0 spiro atoms. The number of carboxylic acids is 4. The summed E-state index contributed by atoms with van der Waals surface area (Å²) in [4.78, 5) is 255. The van der Waals surface area contributed by atoms with Crippen molar-refractivity contribution < 1.29 is 186 Å². The maximum Gasteiger partial charge on any atom is 0.490 e. The number of phosphoric ester groups is 2. The van der Waals surface area contributed by atoms with Crippen LogP contribution in [0, 0.1) is 23.7 Å². The number of aliphatic hydroxyl groups is 2. The van der Waals surface area contributed by atoms with Crippen molar-refractivity contribution >= 4 is 155 Å². The summed E-state index contributed by atoms with van der Waals surface area (Å²) in [5.74, 6) is 2.84. The number of carboxylic acid groups (broad SMARTS) is 4. The number of nitrogens with one attached hydrogen (secondary N) is 7. The highest BCUT2D eigenvalue weighted by molar-refractivity contribution is 8.77. The molecule has 2 aromatic rings. The quantitative estimate of drug-likeness (QED) is 0.0162. The van der Waals surface area contributed by atoms with Crippen LogP contribution in [0.5, 0.6) is 0 Å². The third-order valence-electron chi connectivity index (χ3n) is 15.6. The molecule has 53 nitrogen and oxygen atoms in total. The van der Waals surface area contributed by atoms with E-state index in [0.717, 1.165) is 21.5 Å². The molecule has 63 heteroatoms. The molecule has 0 aliphatic carbocycles. The number of ether oxygens (including phenoxy) is 2. The number of carbonyl (C=O) groups excluding carboxylic acids is 7. The zero-order valence-electron chi connectivity index (χ0n) is 64.2. The molecule has 0 saturated carbocycles. The molecule has 4 heterocycles. The Labute approximate surface area is 717 Å². The summed E-state index contributed by atoms with van der Waals surface area (Å²) in [5, 5.41) is 68.1. The summed E-state index contributed by atoms with van der Waals surface area (Å²) < 4.78 is 104. The molecule has 14 atom stereocenters. The lowest BCUT2D eigenvalue weighted by molar-refractivity contribution is -0.147. The Balaban J connectivity index is 0.000000834. The molecule has 2 fully saturated rings. The van der Waals surface area contributed by atoms with Crippen molar-refractivity contribution in [2.24, 2.45) is 5.73 Å². The lowest BCUT2D eigenvalue weighted by atomic mass is 10.0. The predicted octanol–water partition coefficient (Wildman–Crippen LogP) is -1.09. The summed E-state index contributed by atoms with van der Waals surface area (Å²) >= 11 is 0. The van der Waals surface area contributed by atoms with E-state index in [9.17, 15) is 129 Å². The molecule has 0 aromatic carbocycles. The average Bonchev–Trinajstić information content (AvgIpc) is 1.64. The van der Waals surface area contributed by atoms with Crippen LogP contribution in [0.25, 0.3) is 0 Å². The third-order valence-corrected chi connectivity index (χ3v) is 28.1. The van der Waals surface area contributed by atoms with E-state index in [0.29, 0.717) is 68.6 Å². The molecule has 14 unspecified atom stereocenters. The van der Waals surface area contributed by atoms with Crippen LogP contribution in [0.4, 0.5) is 0 Å². The van der Waals surface area contributed by atoms with E-state index >= 15 is 0 Å². The van der Waals surface area contributed by atoms with E-state index in [-0.39, 0.29) is 106 Å². The summed E-state index contributed by atoms with van der Waals surface area (Å²) in [6.45, 7) is -1.15. The van der Waals surface area contributed by atoms with Gasteiger partial charge in [-0.3, -0.25) is 80.9 Å². The first-order valence-corrected chi connectivity index (χ1v) is 49.7. The summed E-state index contributed by atoms with van der Waals surface area (Å²) in [7, 11) is -28.8.